The number of aromatic nitrogens is 1. The second-order valence-corrected chi connectivity index (χ2v) is 5.85. The molecule has 4 heteroatoms. The molecule has 0 aliphatic carbocycles. The lowest BCUT2D eigenvalue weighted by molar-refractivity contribution is 0.0687. The van der Waals surface area contributed by atoms with Gasteiger partial charge in [0.2, 0.25) is 0 Å². The fraction of sp³-hybridized carbons (Fsp3) is 0.647. The molecule has 1 aliphatic rings. The van der Waals surface area contributed by atoms with Crippen LogP contribution in [0.2, 0.25) is 0 Å². The maximum atomic E-state index is 12.7. The van der Waals surface area contributed by atoms with Gasteiger partial charge in [0.25, 0.3) is 5.91 Å². The van der Waals surface area contributed by atoms with E-state index in [0.717, 1.165) is 50.6 Å². The van der Waals surface area contributed by atoms with Gasteiger partial charge < -0.3 is 10.2 Å². The van der Waals surface area contributed by atoms with Crippen LogP contribution >= 0.6 is 0 Å². The number of hydrogen-bond donors (Lipinski definition) is 1. The molecule has 1 aromatic rings. The van der Waals surface area contributed by atoms with Gasteiger partial charge in [-0.2, -0.15) is 0 Å². The van der Waals surface area contributed by atoms with Crippen molar-refractivity contribution in [3.8, 4) is 0 Å². The minimum Gasteiger partial charge on any atom is -0.369 e. The Hall–Kier alpha value is -1.58. The van der Waals surface area contributed by atoms with Crippen LogP contribution < -0.4 is 5.32 Å². The highest BCUT2D eigenvalue weighted by Gasteiger charge is 2.24. The van der Waals surface area contributed by atoms with Crippen molar-refractivity contribution in [3.05, 3.63) is 23.9 Å². The largest absolute Gasteiger partial charge is 0.369 e. The highest BCUT2D eigenvalue weighted by atomic mass is 16.2. The quantitative estimate of drug-likeness (QED) is 0.871. The van der Waals surface area contributed by atoms with Crippen LogP contribution in [0.5, 0.6) is 0 Å². The first-order valence-electron chi connectivity index (χ1n) is 8.24. The molecule has 0 unspecified atom stereocenters. The molecule has 0 radical (unpaired) electrons. The molecule has 21 heavy (non-hydrogen) atoms. The standard InChI is InChI=1S/C17H27N3O/c1-3-6-14-8-12-20(13-9-14)17(21)15-7-5-11-19-16(15)18-10-4-2/h5,7,11,14H,3-4,6,8-10,12-13H2,1-2H3,(H,18,19). The Bertz CT molecular complexity index is 453. The monoisotopic (exact) mass is 289 g/mol. The highest BCUT2D eigenvalue weighted by Crippen LogP contribution is 2.24. The number of nitrogens with one attached hydrogen (secondary N) is 1. The third kappa shape index (κ3) is 4.19. The van der Waals surface area contributed by atoms with Gasteiger partial charge in [0, 0.05) is 25.8 Å². The fourth-order valence-electron chi connectivity index (χ4n) is 2.97. The molecule has 2 heterocycles. The van der Waals surface area contributed by atoms with E-state index in [0.29, 0.717) is 5.56 Å². The van der Waals surface area contributed by atoms with Crippen molar-refractivity contribution >= 4 is 11.7 Å². The fourth-order valence-corrected chi connectivity index (χ4v) is 2.97. The molecular formula is C17H27N3O. The molecule has 2 rings (SSSR count). The third-order valence-electron chi connectivity index (χ3n) is 4.18. The first-order chi connectivity index (χ1) is 10.3. The van der Waals surface area contributed by atoms with Gasteiger partial charge in [-0.1, -0.05) is 26.7 Å². The first-order valence-corrected chi connectivity index (χ1v) is 8.24. The molecular weight excluding hydrogens is 262 g/mol. The third-order valence-corrected chi connectivity index (χ3v) is 4.18. The number of pyridine rings is 1. The van der Waals surface area contributed by atoms with Gasteiger partial charge in [-0.3, -0.25) is 4.79 Å². The van der Waals surface area contributed by atoms with Crippen molar-refractivity contribution < 1.29 is 4.79 Å². The Morgan fingerprint density at radius 1 is 1.33 bits per heavy atom. The van der Waals surface area contributed by atoms with E-state index in [9.17, 15) is 4.79 Å². The van der Waals surface area contributed by atoms with E-state index in [-0.39, 0.29) is 5.91 Å². The van der Waals surface area contributed by atoms with Crippen molar-refractivity contribution in [1.29, 1.82) is 0 Å². The number of carbonyl (C=O) groups is 1. The lowest BCUT2D eigenvalue weighted by Gasteiger charge is -2.32. The van der Waals surface area contributed by atoms with Crippen LogP contribution in [0.3, 0.4) is 0 Å². The number of carbonyl (C=O) groups excluding carboxylic acids is 1. The predicted octanol–water partition coefficient (Wildman–Crippen LogP) is 3.56. The molecule has 0 aromatic carbocycles. The summed E-state index contributed by atoms with van der Waals surface area (Å²) < 4.78 is 0. The molecule has 116 valence electrons. The predicted molar refractivity (Wildman–Crippen MR) is 86.6 cm³/mol. The zero-order valence-corrected chi connectivity index (χ0v) is 13.3. The van der Waals surface area contributed by atoms with E-state index in [1.807, 2.05) is 17.0 Å². The summed E-state index contributed by atoms with van der Waals surface area (Å²) in [7, 11) is 0. The number of piperidine rings is 1. The van der Waals surface area contributed by atoms with Gasteiger partial charge >= 0.3 is 0 Å². The molecule has 4 nitrogen and oxygen atoms in total. The Morgan fingerprint density at radius 2 is 2.10 bits per heavy atom. The van der Waals surface area contributed by atoms with Gasteiger partial charge in [0.05, 0.1) is 5.56 Å². The van der Waals surface area contributed by atoms with Crippen LogP contribution in [0.25, 0.3) is 0 Å². The Balaban J connectivity index is 2.00. The van der Waals surface area contributed by atoms with E-state index >= 15 is 0 Å². The summed E-state index contributed by atoms with van der Waals surface area (Å²) >= 11 is 0. The first kappa shape index (κ1) is 15.8. The van der Waals surface area contributed by atoms with Gasteiger partial charge in [-0.15, -0.1) is 0 Å². The molecule has 1 aliphatic heterocycles. The summed E-state index contributed by atoms with van der Waals surface area (Å²) in [5, 5.41) is 3.25. The SMILES string of the molecule is CCCNc1ncccc1C(=O)N1CCC(CCC)CC1. The number of anilines is 1. The molecule has 0 atom stereocenters. The number of rotatable bonds is 6. The summed E-state index contributed by atoms with van der Waals surface area (Å²) in [6.45, 7) is 6.95. The maximum Gasteiger partial charge on any atom is 0.257 e. The van der Waals surface area contributed by atoms with E-state index in [4.69, 9.17) is 0 Å². The van der Waals surface area contributed by atoms with Gasteiger partial charge in [-0.25, -0.2) is 4.98 Å². The van der Waals surface area contributed by atoms with E-state index in [1.54, 1.807) is 6.20 Å². The van der Waals surface area contributed by atoms with Crippen molar-refractivity contribution in [2.45, 2.75) is 46.0 Å². The summed E-state index contributed by atoms with van der Waals surface area (Å²) in [6.07, 6.45) is 7.56. The Labute approximate surface area is 127 Å². The summed E-state index contributed by atoms with van der Waals surface area (Å²) in [5.41, 5.74) is 0.708. The van der Waals surface area contributed by atoms with Crippen LogP contribution in [0, 0.1) is 5.92 Å². The highest BCUT2D eigenvalue weighted by molar-refractivity contribution is 5.98. The lowest BCUT2D eigenvalue weighted by atomic mass is 9.92. The molecule has 1 N–H and O–H groups in total. The van der Waals surface area contributed by atoms with Crippen LogP contribution in [0.1, 0.15) is 56.3 Å². The second-order valence-electron chi connectivity index (χ2n) is 5.85. The molecule has 1 saturated heterocycles. The normalized spacial score (nSPS) is 16.0. The van der Waals surface area contributed by atoms with Crippen LogP contribution in [-0.4, -0.2) is 35.4 Å². The van der Waals surface area contributed by atoms with E-state index < -0.39 is 0 Å². The minimum atomic E-state index is 0.122. The van der Waals surface area contributed by atoms with Crippen molar-refractivity contribution in [2.24, 2.45) is 5.92 Å². The maximum absolute atomic E-state index is 12.7. The molecule has 0 spiro atoms. The van der Waals surface area contributed by atoms with Gasteiger partial charge in [0.1, 0.15) is 5.82 Å². The number of nitrogens with zero attached hydrogens (tertiary/aromatic N) is 2. The van der Waals surface area contributed by atoms with Gasteiger partial charge in [0.15, 0.2) is 0 Å². The number of amides is 1. The van der Waals surface area contributed by atoms with Crippen LogP contribution in [0.15, 0.2) is 18.3 Å². The molecule has 1 fully saturated rings. The lowest BCUT2D eigenvalue weighted by Crippen LogP contribution is -2.38. The molecule has 1 aromatic heterocycles. The Kier molecular flexibility index (Phi) is 6.03. The molecule has 0 bridgehead atoms. The summed E-state index contributed by atoms with van der Waals surface area (Å²) in [4.78, 5) is 19.0. The van der Waals surface area contributed by atoms with Crippen LogP contribution in [0.4, 0.5) is 5.82 Å². The Morgan fingerprint density at radius 3 is 2.76 bits per heavy atom. The number of hydrogen-bond acceptors (Lipinski definition) is 3. The zero-order valence-electron chi connectivity index (χ0n) is 13.3. The average molecular weight is 289 g/mol. The minimum absolute atomic E-state index is 0.122. The van der Waals surface area contributed by atoms with Crippen LogP contribution in [-0.2, 0) is 0 Å². The van der Waals surface area contributed by atoms with E-state index in [1.165, 1.54) is 12.8 Å². The molecule has 0 saturated carbocycles. The van der Waals surface area contributed by atoms with Gasteiger partial charge in [-0.05, 0) is 37.3 Å². The van der Waals surface area contributed by atoms with Crippen molar-refractivity contribution in [2.75, 3.05) is 25.0 Å². The molecule has 1 amide bonds. The average Bonchev–Trinajstić information content (AvgIpc) is 2.53. The summed E-state index contributed by atoms with van der Waals surface area (Å²) in [6, 6.07) is 3.72. The van der Waals surface area contributed by atoms with Crippen molar-refractivity contribution in [3.63, 3.8) is 0 Å². The smallest absolute Gasteiger partial charge is 0.257 e. The zero-order chi connectivity index (χ0) is 15.1. The number of likely N-dealkylation sites (tertiary alicyclic amines) is 1. The van der Waals surface area contributed by atoms with Crippen molar-refractivity contribution in [1.82, 2.24) is 9.88 Å². The topological polar surface area (TPSA) is 45.2 Å². The van der Waals surface area contributed by atoms with E-state index in [2.05, 4.69) is 24.1 Å². The second kappa shape index (κ2) is 8.01. The summed E-state index contributed by atoms with van der Waals surface area (Å²) in [5.74, 6) is 1.64.